The largest absolute Gasteiger partial charge is 0.392 e. The lowest BCUT2D eigenvalue weighted by Gasteiger charge is -2.28. The molecule has 0 radical (unpaired) electrons. The Labute approximate surface area is 171 Å². The van der Waals surface area contributed by atoms with E-state index in [1.807, 2.05) is 40.7 Å². The van der Waals surface area contributed by atoms with Crippen LogP contribution >= 0.6 is 0 Å². The van der Waals surface area contributed by atoms with Crippen molar-refractivity contribution < 1.29 is 18.6 Å². The van der Waals surface area contributed by atoms with E-state index < -0.39 is 0 Å². The van der Waals surface area contributed by atoms with Gasteiger partial charge in [-0.15, -0.1) is 0 Å². The molecule has 4 heteroatoms. The summed E-state index contributed by atoms with van der Waals surface area (Å²) in [5.41, 5.74) is 3.10. The van der Waals surface area contributed by atoms with Crippen molar-refractivity contribution in [2.24, 2.45) is 5.41 Å². The Bertz CT molecular complexity index is 591. The Morgan fingerprint density at radius 1 is 1.07 bits per heavy atom. The number of ether oxygens (including phenoxy) is 1. The maximum absolute atomic E-state index is 13.3. The summed E-state index contributed by atoms with van der Waals surface area (Å²) in [5, 5.41) is 9.06. The predicted octanol–water partition coefficient (Wildman–Crippen LogP) is 7.30. The first-order valence-corrected chi connectivity index (χ1v) is 10.1. The number of hydrogen-bond acceptors (Lipinski definition) is 2. The molecule has 2 nitrogen and oxygen atoms in total. The smallest absolute Gasteiger partial charge is 0.128 e. The molecule has 0 spiro atoms. The quantitative estimate of drug-likeness (QED) is 0.579. The fourth-order valence-electron chi connectivity index (χ4n) is 2.75. The second-order valence-corrected chi connectivity index (χ2v) is 6.92. The summed E-state index contributed by atoms with van der Waals surface area (Å²) in [6.07, 6.45) is 3.18. The van der Waals surface area contributed by atoms with Gasteiger partial charge in [0.2, 0.25) is 0 Å². The van der Waals surface area contributed by atoms with Crippen molar-refractivity contribution in [3.63, 3.8) is 0 Å². The van der Waals surface area contributed by atoms with E-state index in [4.69, 9.17) is 9.84 Å². The molecule has 0 heterocycles. The van der Waals surface area contributed by atoms with E-state index >= 15 is 0 Å². The molecular weight excluding hydrogens is 358 g/mol. The van der Waals surface area contributed by atoms with Gasteiger partial charge >= 0.3 is 0 Å². The van der Waals surface area contributed by atoms with E-state index in [9.17, 15) is 8.78 Å². The molecule has 0 saturated heterocycles. The number of methoxy groups -OCH3 is 1. The van der Waals surface area contributed by atoms with Crippen molar-refractivity contribution in [1.29, 1.82) is 0 Å². The van der Waals surface area contributed by atoms with Gasteiger partial charge in [0.05, 0.1) is 13.2 Å². The first-order valence-electron chi connectivity index (χ1n) is 10.1. The van der Waals surface area contributed by atoms with Crippen LogP contribution in [0.4, 0.5) is 8.78 Å². The highest BCUT2D eigenvalue weighted by atomic mass is 19.1. The molecule has 28 heavy (non-hydrogen) atoms. The standard InChI is InChI=1S/C11H17FO.C9H11FO.2C2H6/c1-11(2,3)9-5-4-6-10(12)8(9)7-13;1-7-4-3-5-9(10)8(7)6-11-2;2*1-2/h6,13H,4-5,7H2,1-3H3;3-5H,6H2,1-2H3;2*1-2H3. The Balaban J connectivity index is 0. The fourth-order valence-corrected chi connectivity index (χ4v) is 2.75. The van der Waals surface area contributed by atoms with Crippen LogP contribution in [-0.2, 0) is 11.3 Å². The number of hydrogen-bond donors (Lipinski definition) is 1. The van der Waals surface area contributed by atoms with Gasteiger partial charge in [-0.05, 0) is 42.9 Å². The van der Waals surface area contributed by atoms with Gasteiger partial charge in [0, 0.05) is 18.2 Å². The van der Waals surface area contributed by atoms with Crippen LogP contribution in [0.1, 0.15) is 72.4 Å². The molecule has 0 amide bonds. The van der Waals surface area contributed by atoms with Crippen molar-refractivity contribution in [2.45, 2.75) is 74.8 Å². The van der Waals surface area contributed by atoms with Gasteiger partial charge in [-0.25, -0.2) is 8.78 Å². The minimum absolute atomic E-state index is 0.0380. The lowest BCUT2D eigenvalue weighted by atomic mass is 9.78. The Hall–Kier alpha value is -1.52. The van der Waals surface area contributed by atoms with E-state index in [0.717, 1.165) is 24.0 Å². The molecule has 0 bridgehead atoms. The number of benzene rings is 1. The van der Waals surface area contributed by atoms with Crippen molar-refractivity contribution in [3.05, 3.63) is 58.2 Å². The molecule has 1 aromatic rings. The van der Waals surface area contributed by atoms with Crippen molar-refractivity contribution >= 4 is 0 Å². The lowest BCUT2D eigenvalue weighted by Crippen LogP contribution is -2.16. The maximum atomic E-state index is 13.3. The highest BCUT2D eigenvalue weighted by Crippen LogP contribution is 2.37. The zero-order valence-electron chi connectivity index (χ0n) is 19.2. The summed E-state index contributed by atoms with van der Waals surface area (Å²) in [6.45, 7) is 16.2. The summed E-state index contributed by atoms with van der Waals surface area (Å²) < 4.78 is 31.1. The van der Waals surface area contributed by atoms with Crippen LogP contribution < -0.4 is 0 Å². The summed E-state index contributed by atoms with van der Waals surface area (Å²) >= 11 is 0. The van der Waals surface area contributed by atoms with Gasteiger partial charge in [-0.3, -0.25) is 0 Å². The van der Waals surface area contributed by atoms with Gasteiger partial charge in [0.15, 0.2) is 0 Å². The predicted molar refractivity (Wildman–Crippen MR) is 117 cm³/mol. The number of allylic oxidation sites excluding steroid dienone is 2. The summed E-state index contributed by atoms with van der Waals surface area (Å²) in [6, 6.07) is 5.02. The minimum atomic E-state index is -0.237. The Kier molecular flexibility index (Phi) is 15.8. The van der Waals surface area contributed by atoms with E-state index in [-0.39, 0.29) is 23.7 Å². The molecule has 1 aromatic carbocycles. The number of aliphatic hydroxyl groups is 1. The van der Waals surface area contributed by atoms with Crippen molar-refractivity contribution in [3.8, 4) is 0 Å². The molecule has 162 valence electrons. The number of aryl methyl sites for hydroxylation is 1. The van der Waals surface area contributed by atoms with Crippen LogP contribution in [-0.4, -0.2) is 18.8 Å². The molecule has 2 rings (SSSR count). The number of halogens is 2. The van der Waals surface area contributed by atoms with Gasteiger partial charge in [0.25, 0.3) is 0 Å². The summed E-state index contributed by atoms with van der Waals surface area (Å²) in [7, 11) is 1.56. The third-order valence-electron chi connectivity index (χ3n) is 4.08. The van der Waals surface area contributed by atoms with Gasteiger partial charge in [0.1, 0.15) is 11.6 Å². The van der Waals surface area contributed by atoms with E-state index in [1.165, 1.54) is 6.07 Å². The number of aliphatic hydroxyl groups excluding tert-OH is 1. The second-order valence-electron chi connectivity index (χ2n) is 6.92. The van der Waals surface area contributed by atoms with Crippen molar-refractivity contribution in [2.75, 3.05) is 13.7 Å². The minimum Gasteiger partial charge on any atom is -0.392 e. The SMILES string of the molecule is CC.CC.CC(C)(C)C1=C(CO)C(F)=CCC1.COCc1c(C)cccc1F. The van der Waals surface area contributed by atoms with Crippen LogP contribution in [0.3, 0.4) is 0 Å². The third kappa shape index (κ3) is 9.61. The van der Waals surface area contributed by atoms with Crippen LogP contribution in [0.25, 0.3) is 0 Å². The molecular formula is C24H40F2O2. The molecule has 1 aliphatic carbocycles. The molecule has 0 unspecified atom stereocenters. The monoisotopic (exact) mass is 398 g/mol. The zero-order valence-corrected chi connectivity index (χ0v) is 19.2. The van der Waals surface area contributed by atoms with E-state index in [0.29, 0.717) is 17.7 Å². The highest BCUT2D eigenvalue weighted by Gasteiger charge is 2.24. The molecule has 1 N–H and O–H groups in total. The third-order valence-corrected chi connectivity index (χ3v) is 4.08. The second kappa shape index (κ2) is 15.4. The molecule has 0 saturated carbocycles. The van der Waals surface area contributed by atoms with Crippen LogP contribution in [0.5, 0.6) is 0 Å². The van der Waals surface area contributed by atoms with E-state index in [2.05, 4.69) is 20.8 Å². The van der Waals surface area contributed by atoms with Crippen LogP contribution in [0.15, 0.2) is 41.2 Å². The topological polar surface area (TPSA) is 29.5 Å². The molecule has 0 aromatic heterocycles. The average Bonchev–Trinajstić information content (AvgIpc) is 2.68. The Morgan fingerprint density at radius 3 is 2.04 bits per heavy atom. The molecule has 1 aliphatic rings. The maximum Gasteiger partial charge on any atom is 0.128 e. The number of rotatable bonds is 3. The van der Waals surface area contributed by atoms with Gasteiger partial charge < -0.3 is 9.84 Å². The van der Waals surface area contributed by atoms with Crippen LogP contribution in [0, 0.1) is 18.2 Å². The molecule has 0 aliphatic heterocycles. The molecule has 0 atom stereocenters. The summed E-state index contributed by atoms with van der Waals surface area (Å²) in [5.74, 6) is -0.425. The van der Waals surface area contributed by atoms with Crippen LogP contribution in [0.2, 0.25) is 0 Å². The zero-order chi connectivity index (χ0) is 22.3. The van der Waals surface area contributed by atoms with Crippen molar-refractivity contribution in [1.82, 2.24) is 0 Å². The lowest BCUT2D eigenvalue weighted by molar-refractivity contribution is 0.181. The highest BCUT2D eigenvalue weighted by molar-refractivity contribution is 5.37. The normalized spacial score (nSPS) is 13.2. The average molecular weight is 399 g/mol. The summed E-state index contributed by atoms with van der Waals surface area (Å²) in [4.78, 5) is 0. The first kappa shape index (κ1) is 28.7. The van der Waals surface area contributed by atoms with E-state index in [1.54, 1.807) is 19.3 Å². The fraction of sp³-hybridized carbons (Fsp3) is 0.583. The van der Waals surface area contributed by atoms with Gasteiger partial charge in [-0.1, -0.05) is 66.2 Å². The Morgan fingerprint density at radius 2 is 1.64 bits per heavy atom. The molecule has 0 fully saturated rings. The van der Waals surface area contributed by atoms with Gasteiger partial charge in [-0.2, -0.15) is 0 Å². The first-order chi connectivity index (χ1) is 13.2.